The lowest BCUT2D eigenvalue weighted by Crippen LogP contribution is -2.41. The van der Waals surface area contributed by atoms with Gasteiger partial charge in [0.05, 0.1) is 6.61 Å². The molecule has 0 spiro atoms. The van der Waals surface area contributed by atoms with Crippen molar-refractivity contribution in [2.24, 2.45) is 0 Å². The maximum absolute atomic E-state index is 6.92. The van der Waals surface area contributed by atoms with Gasteiger partial charge in [-0.25, -0.2) is 4.90 Å². The van der Waals surface area contributed by atoms with E-state index in [0.717, 1.165) is 22.5 Å². The molecule has 2 aromatic carbocycles. The molecule has 30 heavy (non-hydrogen) atoms. The van der Waals surface area contributed by atoms with Gasteiger partial charge >= 0.3 is 0 Å². The van der Waals surface area contributed by atoms with E-state index in [1.165, 1.54) is 0 Å². The Kier molecular flexibility index (Phi) is 4.42. The van der Waals surface area contributed by atoms with Crippen molar-refractivity contribution < 1.29 is 14.2 Å². The quantitative estimate of drug-likeness (QED) is 0.771. The lowest BCUT2D eigenvalue weighted by molar-refractivity contribution is -0.137. The first kappa shape index (κ1) is 19.8. The molecule has 0 bridgehead atoms. The Morgan fingerprint density at radius 1 is 0.767 bits per heavy atom. The predicted octanol–water partition coefficient (Wildman–Crippen LogP) is 3.32. The van der Waals surface area contributed by atoms with Crippen molar-refractivity contribution >= 4 is 11.4 Å². The number of ether oxygens (including phenoxy) is 3. The normalized spacial score (nSPS) is 34.9. The lowest BCUT2D eigenvalue weighted by atomic mass is 9.91. The van der Waals surface area contributed by atoms with E-state index in [1.807, 2.05) is 0 Å². The number of rotatable bonds is 4. The number of para-hydroxylation sites is 2. The van der Waals surface area contributed by atoms with Gasteiger partial charge in [0.1, 0.15) is 29.9 Å². The smallest absolute Gasteiger partial charge is 0.149 e. The van der Waals surface area contributed by atoms with Crippen LogP contribution in [0.1, 0.15) is 25.0 Å². The van der Waals surface area contributed by atoms with Gasteiger partial charge in [-0.1, -0.05) is 36.4 Å². The summed E-state index contributed by atoms with van der Waals surface area (Å²) in [6.07, 6.45) is -0.549. The lowest BCUT2D eigenvalue weighted by Gasteiger charge is -2.36. The third kappa shape index (κ3) is 2.57. The van der Waals surface area contributed by atoms with Crippen molar-refractivity contribution in [2.75, 3.05) is 44.6 Å². The second-order valence-electron chi connectivity index (χ2n) is 9.21. The van der Waals surface area contributed by atoms with E-state index >= 15 is 0 Å². The molecular formula is C24H31N3O3. The SMILES string of the molecule is CN(C)c1ccccc1[C@]1(C)O[C@H]2CO[C@@H]3N2[C@H]1O[C@]3(C)c1ccccc1N(C)C. The third-order valence-electron chi connectivity index (χ3n) is 6.79. The Hall–Kier alpha value is -2.12. The van der Waals surface area contributed by atoms with Crippen LogP contribution < -0.4 is 9.80 Å². The summed E-state index contributed by atoms with van der Waals surface area (Å²) in [6, 6.07) is 16.9. The van der Waals surface area contributed by atoms with Gasteiger partial charge in [-0.15, -0.1) is 0 Å². The highest BCUT2D eigenvalue weighted by molar-refractivity contribution is 5.57. The maximum Gasteiger partial charge on any atom is 0.149 e. The summed E-state index contributed by atoms with van der Waals surface area (Å²) >= 11 is 0. The molecule has 0 N–H and O–H groups in total. The Morgan fingerprint density at radius 2 is 1.27 bits per heavy atom. The highest BCUT2D eigenvalue weighted by Gasteiger charge is 2.68. The van der Waals surface area contributed by atoms with Gasteiger partial charge in [-0.2, -0.15) is 0 Å². The molecule has 160 valence electrons. The summed E-state index contributed by atoms with van der Waals surface area (Å²) in [6.45, 7) is 4.85. The van der Waals surface area contributed by atoms with Crippen LogP contribution in [-0.2, 0) is 25.4 Å². The first-order chi connectivity index (χ1) is 14.3. The third-order valence-corrected chi connectivity index (χ3v) is 6.79. The van der Waals surface area contributed by atoms with Crippen molar-refractivity contribution in [1.29, 1.82) is 0 Å². The van der Waals surface area contributed by atoms with Crippen LogP contribution in [-0.4, -0.2) is 58.4 Å². The number of nitrogens with zero attached hydrogens (tertiary/aromatic N) is 3. The van der Waals surface area contributed by atoms with E-state index in [4.69, 9.17) is 14.2 Å². The zero-order valence-electron chi connectivity index (χ0n) is 18.6. The van der Waals surface area contributed by atoms with Crippen LogP contribution in [0.4, 0.5) is 11.4 Å². The topological polar surface area (TPSA) is 37.4 Å². The first-order valence-corrected chi connectivity index (χ1v) is 10.6. The van der Waals surface area contributed by atoms with E-state index in [0.29, 0.717) is 6.61 Å². The Bertz CT molecular complexity index is 913. The fourth-order valence-corrected chi connectivity index (χ4v) is 5.36. The van der Waals surface area contributed by atoms with E-state index in [9.17, 15) is 0 Å². The summed E-state index contributed by atoms with van der Waals surface area (Å²) in [5.41, 5.74) is 3.36. The van der Waals surface area contributed by atoms with Crippen molar-refractivity contribution in [1.82, 2.24) is 4.90 Å². The fraction of sp³-hybridized carbons (Fsp3) is 0.500. The van der Waals surface area contributed by atoms with Gasteiger partial charge < -0.3 is 24.0 Å². The Labute approximate surface area is 178 Å². The highest BCUT2D eigenvalue weighted by atomic mass is 16.7. The maximum atomic E-state index is 6.92. The minimum absolute atomic E-state index is 0.117. The first-order valence-electron chi connectivity index (χ1n) is 10.6. The molecule has 0 amide bonds. The summed E-state index contributed by atoms with van der Waals surface area (Å²) in [5, 5.41) is 0. The molecule has 0 aliphatic carbocycles. The molecule has 3 heterocycles. The van der Waals surface area contributed by atoms with Crippen molar-refractivity contribution in [3.05, 3.63) is 59.7 Å². The van der Waals surface area contributed by atoms with Crippen LogP contribution in [0.5, 0.6) is 0 Å². The predicted molar refractivity (Wildman–Crippen MR) is 118 cm³/mol. The van der Waals surface area contributed by atoms with Crippen LogP contribution in [0.15, 0.2) is 48.5 Å². The summed E-state index contributed by atoms with van der Waals surface area (Å²) in [5.74, 6) is 0. The monoisotopic (exact) mass is 409 g/mol. The van der Waals surface area contributed by atoms with Crippen LogP contribution in [0.2, 0.25) is 0 Å². The molecule has 0 saturated carbocycles. The standard InChI is InChI=1S/C24H31N3O3/c1-23(16-11-7-9-13-18(16)25(3)4)21-27-20(15-28-21)29-24(2,22(27)30-23)17-12-8-10-14-19(17)26(5)6/h7-14,20-22H,15H2,1-6H3/t20-,21-,22-,23+,24-/m0/s1. The fourth-order valence-electron chi connectivity index (χ4n) is 5.36. The minimum Gasteiger partial charge on any atom is -0.377 e. The molecule has 0 aromatic heterocycles. The number of hydrogen-bond donors (Lipinski definition) is 0. The minimum atomic E-state index is -0.599. The molecule has 6 heteroatoms. The highest BCUT2D eigenvalue weighted by Crippen LogP contribution is 2.57. The Morgan fingerprint density at radius 3 is 1.80 bits per heavy atom. The largest absolute Gasteiger partial charge is 0.377 e. The average Bonchev–Trinajstić information content (AvgIpc) is 3.36. The summed E-state index contributed by atoms with van der Waals surface area (Å²) in [7, 11) is 8.27. The Balaban J connectivity index is 1.61. The van der Waals surface area contributed by atoms with Gasteiger partial charge in [-0.05, 0) is 26.0 Å². The van der Waals surface area contributed by atoms with Crippen LogP contribution in [0, 0.1) is 0 Å². The molecule has 5 atom stereocenters. The summed E-state index contributed by atoms with van der Waals surface area (Å²) < 4.78 is 19.8. The van der Waals surface area contributed by atoms with E-state index in [2.05, 4.69) is 105 Å². The number of hydrogen-bond acceptors (Lipinski definition) is 6. The molecule has 0 radical (unpaired) electrons. The zero-order chi connectivity index (χ0) is 21.3. The zero-order valence-corrected chi connectivity index (χ0v) is 18.6. The van der Waals surface area contributed by atoms with Gasteiger partial charge in [0.25, 0.3) is 0 Å². The molecule has 3 fully saturated rings. The van der Waals surface area contributed by atoms with Crippen LogP contribution in [0.25, 0.3) is 0 Å². The molecular weight excluding hydrogens is 378 g/mol. The van der Waals surface area contributed by atoms with Crippen molar-refractivity contribution in [3.8, 4) is 0 Å². The second kappa shape index (κ2) is 6.69. The van der Waals surface area contributed by atoms with Crippen molar-refractivity contribution in [3.63, 3.8) is 0 Å². The molecule has 5 rings (SSSR count). The molecule has 0 unspecified atom stereocenters. The second-order valence-corrected chi connectivity index (χ2v) is 9.21. The van der Waals surface area contributed by atoms with Gasteiger partial charge in [0.2, 0.25) is 0 Å². The van der Waals surface area contributed by atoms with Gasteiger partial charge in [0, 0.05) is 50.7 Å². The summed E-state index contributed by atoms with van der Waals surface area (Å²) in [4.78, 5) is 6.56. The van der Waals surface area contributed by atoms with E-state index in [1.54, 1.807) is 0 Å². The molecule has 3 saturated heterocycles. The molecule has 3 aliphatic rings. The molecule has 6 nitrogen and oxygen atoms in total. The number of benzene rings is 2. The van der Waals surface area contributed by atoms with Gasteiger partial charge in [0.15, 0.2) is 0 Å². The van der Waals surface area contributed by atoms with E-state index in [-0.39, 0.29) is 18.7 Å². The number of anilines is 2. The van der Waals surface area contributed by atoms with Gasteiger partial charge in [-0.3, -0.25) is 0 Å². The van der Waals surface area contributed by atoms with Crippen LogP contribution >= 0.6 is 0 Å². The molecule has 2 aromatic rings. The van der Waals surface area contributed by atoms with Crippen LogP contribution in [0.3, 0.4) is 0 Å². The molecule has 3 aliphatic heterocycles. The average molecular weight is 410 g/mol. The van der Waals surface area contributed by atoms with Crippen molar-refractivity contribution in [2.45, 2.75) is 43.7 Å². The van der Waals surface area contributed by atoms with E-state index < -0.39 is 11.2 Å².